The normalized spacial score (nSPS) is 45.0. The van der Waals surface area contributed by atoms with Gasteiger partial charge in [0.1, 0.15) is 6.21 Å². The second-order valence-electron chi connectivity index (χ2n) is 10.0. The van der Waals surface area contributed by atoms with Crippen molar-refractivity contribution in [2.75, 3.05) is 20.2 Å². The summed E-state index contributed by atoms with van der Waals surface area (Å²) in [6.45, 7) is 4.22. The minimum Gasteiger partial charge on any atom is -0.377 e. The van der Waals surface area contributed by atoms with Gasteiger partial charge in [0, 0.05) is 25.5 Å². The van der Waals surface area contributed by atoms with Gasteiger partial charge >= 0.3 is 0 Å². The first-order valence-corrected chi connectivity index (χ1v) is 11.8. The summed E-state index contributed by atoms with van der Waals surface area (Å²) in [4.78, 5) is 0. The number of hydrogen-bond donors (Lipinski definition) is 2. The summed E-state index contributed by atoms with van der Waals surface area (Å²) in [6.07, 6.45) is 15.4. The van der Waals surface area contributed by atoms with Crippen LogP contribution in [0.4, 0.5) is 4.39 Å². The highest BCUT2D eigenvalue weighted by atomic mass is 19.1. The lowest BCUT2D eigenvalue weighted by Gasteiger charge is -2.33. The molecule has 0 spiro atoms. The molecule has 160 valence electrons. The van der Waals surface area contributed by atoms with E-state index in [1.165, 1.54) is 19.3 Å². The topological polar surface area (TPSA) is 36.3 Å². The van der Waals surface area contributed by atoms with Crippen LogP contribution in [0.25, 0.3) is 0 Å². The van der Waals surface area contributed by atoms with E-state index in [4.69, 9.17) is 4.74 Å². The average Bonchev–Trinajstić information content (AvgIpc) is 3.45. The van der Waals surface area contributed by atoms with E-state index in [1.807, 2.05) is 14.0 Å². The molecule has 0 radical (unpaired) electrons. The van der Waals surface area contributed by atoms with E-state index in [2.05, 4.69) is 33.6 Å². The average molecular weight is 403 g/mol. The van der Waals surface area contributed by atoms with Gasteiger partial charge < -0.3 is 10.1 Å². The van der Waals surface area contributed by atoms with Crippen LogP contribution in [0.5, 0.6) is 0 Å². The number of methoxy groups -OCH3 is 1. The minimum atomic E-state index is 0.147. The Kier molecular flexibility index (Phi) is 5.65. The van der Waals surface area contributed by atoms with Crippen molar-refractivity contribution in [3.63, 3.8) is 0 Å². The van der Waals surface area contributed by atoms with Crippen LogP contribution >= 0.6 is 0 Å². The van der Waals surface area contributed by atoms with Gasteiger partial charge in [-0.2, -0.15) is 0 Å². The lowest BCUT2D eigenvalue weighted by atomic mass is 9.74. The highest BCUT2D eigenvalue weighted by Crippen LogP contribution is 2.41. The number of halogens is 1. The number of rotatable bonds is 4. The van der Waals surface area contributed by atoms with E-state index in [1.54, 1.807) is 0 Å². The van der Waals surface area contributed by atoms with Crippen LogP contribution in [0.15, 0.2) is 23.6 Å². The van der Waals surface area contributed by atoms with Gasteiger partial charge in [0.2, 0.25) is 6.17 Å². The van der Waals surface area contributed by atoms with Crippen molar-refractivity contribution in [1.29, 1.82) is 0 Å². The summed E-state index contributed by atoms with van der Waals surface area (Å²) >= 11 is 0. The van der Waals surface area contributed by atoms with Crippen LogP contribution < -0.4 is 10.6 Å². The number of fused-ring (bicyclic) bond motifs is 1. The summed E-state index contributed by atoms with van der Waals surface area (Å²) in [7, 11) is 1.81. The Labute approximate surface area is 174 Å². The van der Waals surface area contributed by atoms with Gasteiger partial charge in [0.05, 0.1) is 24.4 Å². The van der Waals surface area contributed by atoms with Gasteiger partial charge in [-0.15, -0.1) is 0 Å². The summed E-state index contributed by atoms with van der Waals surface area (Å²) in [5.41, 5.74) is 0.993. The van der Waals surface area contributed by atoms with E-state index >= 15 is 0 Å². The molecule has 0 saturated carbocycles. The van der Waals surface area contributed by atoms with Gasteiger partial charge in [-0.1, -0.05) is 12.2 Å². The number of nitrogens with one attached hydrogen (secondary N) is 2. The number of hydrogen-bond acceptors (Lipinski definition) is 3. The maximum atomic E-state index is 13.9. The lowest BCUT2D eigenvalue weighted by molar-refractivity contribution is -0.575. The molecule has 0 aromatic rings. The summed E-state index contributed by atoms with van der Waals surface area (Å²) < 4.78 is 22.0. The first kappa shape index (κ1) is 19.9. The van der Waals surface area contributed by atoms with Crippen molar-refractivity contribution >= 4 is 6.21 Å². The SMILES string of the molecule is COC1C=CC(C2NCC3CC(C4CCNC4C4CCC(F)=C(C)C4)C=[N+]32)CC1. The molecule has 0 bridgehead atoms. The molecule has 8 unspecified atom stereocenters. The van der Waals surface area contributed by atoms with Crippen molar-refractivity contribution in [3.8, 4) is 0 Å². The summed E-state index contributed by atoms with van der Waals surface area (Å²) in [6, 6.07) is 1.20. The maximum absolute atomic E-state index is 13.9. The van der Waals surface area contributed by atoms with Gasteiger partial charge in [0.15, 0.2) is 6.04 Å². The predicted octanol–water partition coefficient (Wildman–Crippen LogP) is 3.39. The first-order valence-electron chi connectivity index (χ1n) is 11.8. The van der Waals surface area contributed by atoms with Crippen molar-refractivity contribution in [2.24, 2.45) is 23.7 Å². The Hall–Kier alpha value is -1.04. The van der Waals surface area contributed by atoms with Gasteiger partial charge in [-0.3, -0.25) is 5.32 Å². The monoisotopic (exact) mass is 402 g/mol. The molecule has 5 heteroatoms. The second kappa shape index (κ2) is 8.24. The fourth-order valence-electron chi connectivity index (χ4n) is 6.83. The Morgan fingerprint density at radius 3 is 2.76 bits per heavy atom. The molecule has 2 aliphatic carbocycles. The zero-order valence-electron chi connectivity index (χ0n) is 17.9. The fourth-order valence-corrected chi connectivity index (χ4v) is 6.83. The van der Waals surface area contributed by atoms with Crippen LogP contribution in [-0.2, 0) is 4.74 Å². The van der Waals surface area contributed by atoms with Crippen LogP contribution in [0.1, 0.15) is 51.9 Å². The lowest BCUT2D eigenvalue weighted by Crippen LogP contribution is -2.40. The molecule has 2 fully saturated rings. The van der Waals surface area contributed by atoms with Gasteiger partial charge in [-0.05, 0) is 69.4 Å². The zero-order valence-corrected chi connectivity index (χ0v) is 17.9. The Balaban J connectivity index is 1.29. The highest BCUT2D eigenvalue weighted by molar-refractivity contribution is 5.58. The molecular weight excluding hydrogens is 365 g/mol. The molecule has 0 aromatic carbocycles. The van der Waals surface area contributed by atoms with E-state index < -0.39 is 0 Å². The standard InChI is InChI=1S/C24H37FN3O/c1-15-11-17(5-8-22(15)25)23-21(9-10-26-23)18-12-19-13-27-24(28(19)14-18)16-3-6-20(29-2)7-4-16/h3,6,14,16-21,23-24,26-27H,4-5,7-13H2,1-2H3/q+1. The molecule has 0 aromatic heterocycles. The number of nitrogens with zero attached hydrogens (tertiary/aromatic N) is 1. The Morgan fingerprint density at radius 1 is 1.10 bits per heavy atom. The van der Waals surface area contributed by atoms with Crippen molar-refractivity contribution in [2.45, 2.75) is 76.2 Å². The molecule has 8 atom stereocenters. The van der Waals surface area contributed by atoms with Crippen molar-refractivity contribution < 1.29 is 13.7 Å². The Bertz CT molecular complexity index is 717. The fraction of sp³-hybridized carbons (Fsp3) is 0.792. The third-order valence-electron chi connectivity index (χ3n) is 8.42. The maximum Gasteiger partial charge on any atom is 0.213 e. The van der Waals surface area contributed by atoms with E-state index in [-0.39, 0.29) is 5.83 Å². The van der Waals surface area contributed by atoms with E-state index in [0.29, 0.717) is 54.4 Å². The van der Waals surface area contributed by atoms with Crippen LogP contribution in [0.2, 0.25) is 0 Å². The van der Waals surface area contributed by atoms with Gasteiger partial charge in [0.25, 0.3) is 0 Å². The first-order chi connectivity index (χ1) is 14.1. The summed E-state index contributed by atoms with van der Waals surface area (Å²) in [5, 5.41) is 7.61. The molecular formula is C24H37FN3O+. The van der Waals surface area contributed by atoms with E-state index in [0.717, 1.165) is 37.9 Å². The van der Waals surface area contributed by atoms with Gasteiger partial charge in [-0.25, -0.2) is 8.97 Å². The molecule has 3 aliphatic heterocycles. The van der Waals surface area contributed by atoms with Crippen LogP contribution in [-0.4, -0.2) is 55.3 Å². The van der Waals surface area contributed by atoms with Crippen molar-refractivity contribution in [3.05, 3.63) is 23.6 Å². The molecule has 3 heterocycles. The number of ether oxygens (including phenoxy) is 1. The molecule has 5 rings (SSSR count). The van der Waals surface area contributed by atoms with Crippen molar-refractivity contribution in [1.82, 2.24) is 10.6 Å². The smallest absolute Gasteiger partial charge is 0.213 e. The van der Waals surface area contributed by atoms with E-state index in [9.17, 15) is 4.39 Å². The molecule has 4 nitrogen and oxygen atoms in total. The largest absolute Gasteiger partial charge is 0.377 e. The summed E-state index contributed by atoms with van der Waals surface area (Å²) in [5.74, 6) is 2.70. The predicted molar refractivity (Wildman–Crippen MR) is 114 cm³/mol. The van der Waals surface area contributed by atoms with Crippen LogP contribution in [0, 0.1) is 23.7 Å². The third-order valence-corrected chi connectivity index (χ3v) is 8.42. The van der Waals surface area contributed by atoms with Crippen LogP contribution in [0.3, 0.4) is 0 Å². The molecule has 5 aliphatic rings. The second-order valence-corrected chi connectivity index (χ2v) is 10.0. The molecule has 0 amide bonds. The third kappa shape index (κ3) is 3.75. The quantitative estimate of drug-likeness (QED) is 0.559. The number of allylic oxidation sites excluding steroid dienone is 2. The molecule has 29 heavy (non-hydrogen) atoms. The highest BCUT2D eigenvalue weighted by Gasteiger charge is 2.50. The zero-order chi connectivity index (χ0) is 20.0. The molecule has 2 saturated heterocycles. The minimum absolute atomic E-state index is 0.147. The molecule has 2 N–H and O–H groups in total. The Morgan fingerprint density at radius 2 is 2.00 bits per heavy atom.